The molecule has 30 heavy (non-hydrogen) atoms. The van der Waals surface area contributed by atoms with E-state index in [1.54, 1.807) is 30.3 Å². The zero-order chi connectivity index (χ0) is 21.5. The van der Waals surface area contributed by atoms with E-state index >= 15 is 0 Å². The third kappa shape index (κ3) is 3.83. The second kappa shape index (κ2) is 7.82. The van der Waals surface area contributed by atoms with E-state index in [9.17, 15) is 12.8 Å². The minimum atomic E-state index is -3.75. The fourth-order valence-electron chi connectivity index (χ4n) is 3.15. The monoisotopic (exact) mass is 445 g/mol. The molecule has 0 saturated carbocycles. The van der Waals surface area contributed by atoms with Crippen LogP contribution in [0, 0.1) is 19.7 Å². The molecule has 2 heterocycles. The molecule has 0 fully saturated rings. The summed E-state index contributed by atoms with van der Waals surface area (Å²) in [6.45, 7) is 3.89. The zero-order valence-electron chi connectivity index (χ0n) is 16.6. The van der Waals surface area contributed by atoms with Gasteiger partial charge in [-0.3, -0.25) is 4.40 Å². The van der Waals surface area contributed by atoms with Gasteiger partial charge in [-0.15, -0.1) is 0 Å². The van der Waals surface area contributed by atoms with Crippen molar-refractivity contribution in [3.05, 3.63) is 70.6 Å². The number of benzene rings is 2. The van der Waals surface area contributed by atoms with Crippen LogP contribution in [-0.4, -0.2) is 24.9 Å². The number of aryl methyl sites for hydroxylation is 2. The Morgan fingerprint density at radius 1 is 1.17 bits per heavy atom. The van der Waals surface area contributed by atoms with Crippen molar-refractivity contribution < 1.29 is 17.5 Å². The number of rotatable bonds is 6. The highest BCUT2D eigenvalue weighted by Gasteiger charge is 2.21. The van der Waals surface area contributed by atoms with Crippen LogP contribution in [0.4, 0.5) is 4.39 Å². The number of thiazole rings is 1. The van der Waals surface area contributed by atoms with E-state index in [0.717, 1.165) is 32.4 Å². The number of nitrogens with zero attached hydrogens (tertiary/aromatic N) is 2. The standard InChI is InChI=1S/C21H20FN3O3S2/c1-13-4-9-18(28-3)20(10-13)30(26,27)23-11-19-14(2)25-12-17(24-21(25)29-19)15-5-7-16(22)8-6-15/h4-10,12,23H,11H2,1-3H3. The molecule has 0 bridgehead atoms. The molecule has 0 saturated heterocycles. The summed E-state index contributed by atoms with van der Waals surface area (Å²) >= 11 is 1.41. The van der Waals surface area contributed by atoms with E-state index in [1.165, 1.54) is 30.6 Å². The Kier molecular flexibility index (Phi) is 5.35. The van der Waals surface area contributed by atoms with Crippen molar-refractivity contribution in [1.29, 1.82) is 0 Å². The van der Waals surface area contributed by atoms with Crippen LogP contribution in [0.15, 0.2) is 53.6 Å². The van der Waals surface area contributed by atoms with E-state index in [1.807, 2.05) is 24.4 Å². The van der Waals surface area contributed by atoms with Gasteiger partial charge in [-0.05, 0) is 55.8 Å². The highest BCUT2D eigenvalue weighted by molar-refractivity contribution is 7.89. The van der Waals surface area contributed by atoms with E-state index < -0.39 is 10.0 Å². The largest absolute Gasteiger partial charge is 0.495 e. The average molecular weight is 446 g/mol. The summed E-state index contributed by atoms with van der Waals surface area (Å²) in [6, 6.07) is 11.2. The minimum absolute atomic E-state index is 0.114. The summed E-state index contributed by atoms with van der Waals surface area (Å²) in [4.78, 5) is 6.32. The number of ether oxygens (including phenoxy) is 1. The Morgan fingerprint density at radius 2 is 1.90 bits per heavy atom. The van der Waals surface area contributed by atoms with E-state index in [-0.39, 0.29) is 17.3 Å². The van der Waals surface area contributed by atoms with Gasteiger partial charge in [0.2, 0.25) is 10.0 Å². The molecule has 156 valence electrons. The summed E-state index contributed by atoms with van der Waals surface area (Å²) in [7, 11) is -2.30. The predicted octanol–water partition coefficient (Wildman–Crippen LogP) is 4.31. The fourth-order valence-corrected chi connectivity index (χ4v) is 5.53. The van der Waals surface area contributed by atoms with Crippen LogP contribution >= 0.6 is 11.3 Å². The van der Waals surface area contributed by atoms with Crippen molar-refractivity contribution >= 4 is 26.3 Å². The maximum atomic E-state index is 13.1. The lowest BCUT2D eigenvalue weighted by atomic mass is 10.2. The van der Waals surface area contributed by atoms with Gasteiger partial charge in [0.1, 0.15) is 16.5 Å². The number of hydrogen-bond donors (Lipinski definition) is 1. The lowest BCUT2D eigenvalue weighted by Gasteiger charge is -2.11. The molecule has 0 unspecified atom stereocenters. The van der Waals surface area contributed by atoms with Crippen LogP contribution in [0.25, 0.3) is 16.2 Å². The molecule has 0 spiro atoms. The molecule has 1 N–H and O–H groups in total. The van der Waals surface area contributed by atoms with Gasteiger partial charge < -0.3 is 4.74 Å². The molecular formula is C21H20FN3O3S2. The lowest BCUT2D eigenvalue weighted by Crippen LogP contribution is -2.23. The predicted molar refractivity (Wildman–Crippen MR) is 115 cm³/mol. The van der Waals surface area contributed by atoms with E-state index in [0.29, 0.717) is 5.75 Å². The van der Waals surface area contributed by atoms with E-state index in [4.69, 9.17) is 4.74 Å². The molecule has 0 aliphatic rings. The zero-order valence-corrected chi connectivity index (χ0v) is 18.3. The summed E-state index contributed by atoms with van der Waals surface area (Å²) in [5, 5.41) is 0. The molecule has 9 heteroatoms. The maximum absolute atomic E-state index is 13.1. The van der Waals surface area contributed by atoms with Gasteiger partial charge >= 0.3 is 0 Å². The Balaban J connectivity index is 1.59. The second-order valence-corrected chi connectivity index (χ2v) is 9.67. The van der Waals surface area contributed by atoms with Crippen molar-refractivity contribution in [3.8, 4) is 17.0 Å². The van der Waals surface area contributed by atoms with Crippen molar-refractivity contribution in [1.82, 2.24) is 14.1 Å². The third-order valence-corrected chi connectivity index (χ3v) is 7.40. The molecule has 0 amide bonds. The number of fused-ring (bicyclic) bond motifs is 1. The average Bonchev–Trinajstić information content (AvgIpc) is 3.26. The van der Waals surface area contributed by atoms with Crippen LogP contribution in [0.2, 0.25) is 0 Å². The molecule has 0 radical (unpaired) electrons. The van der Waals surface area contributed by atoms with Crippen LogP contribution in [0.3, 0.4) is 0 Å². The number of methoxy groups -OCH3 is 1. The van der Waals surface area contributed by atoms with Crippen LogP contribution in [0.5, 0.6) is 5.75 Å². The summed E-state index contributed by atoms with van der Waals surface area (Å²) in [6.07, 6.45) is 1.87. The molecular weight excluding hydrogens is 425 g/mol. The number of sulfonamides is 1. The van der Waals surface area contributed by atoms with Gasteiger partial charge in [-0.1, -0.05) is 17.4 Å². The Bertz CT molecular complexity index is 1330. The smallest absolute Gasteiger partial charge is 0.244 e. The first-order valence-corrected chi connectivity index (χ1v) is 11.5. The number of nitrogens with one attached hydrogen (secondary N) is 1. The Hall–Kier alpha value is -2.75. The van der Waals surface area contributed by atoms with Gasteiger partial charge in [0.15, 0.2) is 4.96 Å². The minimum Gasteiger partial charge on any atom is -0.495 e. The third-order valence-electron chi connectivity index (χ3n) is 4.82. The second-order valence-electron chi connectivity index (χ2n) is 6.88. The fraction of sp³-hybridized carbons (Fsp3) is 0.190. The normalized spacial score (nSPS) is 11.9. The molecule has 6 nitrogen and oxygen atoms in total. The van der Waals surface area contributed by atoms with Crippen molar-refractivity contribution in [2.24, 2.45) is 0 Å². The van der Waals surface area contributed by atoms with Crippen LogP contribution in [0.1, 0.15) is 16.1 Å². The van der Waals surface area contributed by atoms with Gasteiger partial charge in [0.05, 0.1) is 12.8 Å². The number of hydrogen-bond acceptors (Lipinski definition) is 5. The van der Waals surface area contributed by atoms with Crippen LogP contribution < -0.4 is 9.46 Å². The molecule has 0 aliphatic carbocycles. The van der Waals surface area contributed by atoms with Crippen molar-refractivity contribution in [2.75, 3.05) is 7.11 Å². The van der Waals surface area contributed by atoms with Gasteiger partial charge in [-0.25, -0.2) is 22.5 Å². The molecule has 4 aromatic rings. The topological polar surface area (TPSA) is 72.7 Å². The first-order chi connectivity index (χ1) is 14.3. The highest BCUT2D eigenvalue weighted by Crippen LogP contribution is 2.29. The van der Waals surface area contributed by atoms with Gasteiger partial charge in [-0.2, -0.15) is 0 Å². The first-order valence-electron chi connectivity index (χ1n) is 9.16. The Labute approximate surface area is 178 Å². The molecule has 0 aliphatic heterocycles. The summed E-state index contributed by atoms with van der Waals surface area (Å²) < 4.78 is 48.6. The number of imidazole rings is 1. The Morgan fingerprint density at radius 3 is 2.57 bits per heavy atom. The molecule has 4 rings (SSSR count). The molecule has 0 atom stereocenters. The SMILES string of the molecule is COc1ccc(C)cc1S(=O)(=O)NCc1sc2nc(-c3ccc(F)cc3)cn2c1C. The number of aromatic nitrogens is 2. The quantitative estimate of drug-likeness (QED) is 0.480. The van der Waals surface area contributed by atoms with Gasteiger partial charge in [0, 0.05) is 28.9 Å². The summed E-state index contributed by atoms with van der Waals surface area (Å²) in [5.74, 6) is 0.00510. The van der Waals surface area contributed by atoms with Gasteiger partial charge in [0.25, 0.3) is 0 Å². The molecule has 2 aromatic carbocycles. The maximum Gasteiger partial charge on any atom is 0.244 e. The number of halogens is 1. The van der Waals surface area contributed by atoms with Crippen LogP contribution in [-0.2, 0) is 16.6 Å². The lowest BCUT2D eigenvalue weighted by molar-refractivity contribution is 0.402. The highest BCUT2D eigenvalue weighted by atomic mass is 32.2. The van der Waals surface area contributed by atoms with Crippen molar-refractivity contribution in [2.45, 2.75) is 25.3 Å². The van der Waals surface area contributed by atoms with Crippen molar-refractivity contribution in [3.63, 3.8) is 0 Å². The first kappa shape index (κ1) is 20.5. The molecule has 2 aromatic heterocycles. The van der Waals surface area contributed by atoms with E-state index in [2.05, 4.69) is 9.71 Å². The summed E-state index contributed by atoms with van der Waals surface area (Å²) in [5.41, 5.74) is 3.28.